The molecule has 2 heteroatoms. The zero-order valence-electron chi connectivity index (χ0n) is 11.5. The predicted molar refractivity (Wildman–Crippen MR) is 73.8 cm³/mol. The number of aliphatic hydroxyl groups is 1. The van der Waals surface area contributed by atoms with Crippen LogP contribution < -0.4 is 4.74 Å². The van der Waals surface area contributed by atoms with Gasteiger partial charge in [0.1, 0.15) is 5.75 Å². The topological polar surface area (TPSA) is 29.5 Å². The average molecular weight is 248 g/mol. The van der Waals surface area contributed by atoms with Gasteiger partial charge in [0.2, 0.25) is 0 Å². The number of benzene rings is 1. The van der Waals surface area contributed by atoms with Gasteiger partial charge in [-0.25, -0.2) is 0 Å². The molecule has 18 heavy (non-hydrogen) atoms. The van der Waals surface area contributed by atoms with Gasteiger partial charge in [-0.05, 0) is 43.4 Å². The van der Waals surface area contributed by atoms with Gasteiger partial charge in [0.05, 0.1) is 12.2 Å². The standard InChI is InChI=1S/C16H24O2/c1-3-13-8-5-6-11-16(13,17)14-9-7-10-15(12-14)18-4-2/h7,9-10,12-13,17H,3-6,8,11H2,1-2H3. The van der Waals surface area contributed by atoms with Gasteiger partial charge < -0.3 is 9.84 Å². The molecule has 0 spiro atoms. The minimum atomic E-state index is -0.653. The van der Waals surface area contributed by atoms with Crippen LogP contribution in [0.5, 0.6) is 5.75 Å². The van der Waals surface area contributed by atoms with Gasteiger partial charge in [-0.2, -0.15) is 0 Å². The first-order valence-corrected chi connectivity index (χ1v) is 7.16. The fourth-order valence-corrected chi connectivity index (χ4v) is 3.17. The van der Waals surface area contributed by atoms with Gasteiger partial charge in [-0.15, -0.1) is 0 Å². The highest BCUT2D eigenvalue weighted by Crippen LogP contribution is 2.43. The summed E-state index contributed by atoms with van der Waals surface area (Å²) in [6, 6.07) is 7.99. The second-order valence-corrected chi connectivity index (χ2v) is 5.24. The van der Waals surface area contributed by atoms with E-state index in [2.05, 4.69) is 6.92 Å². The third-order valence-electron chi connectivity index (χ3n) is 4.17. The smallest absolute Gasteiger partial charge is 0.119 e. The van der Waals surface area contributed by atoms with Gasteiger partial charge >= 0.3 is 0 Å². The molecule has 2 rings (SSSR count). The molecular formula is C16H24O2. The number of hydrogen-bond donors (Lipinski definition) is 1. The molecule has 0 aromatic heterocycles. The lowest BCUT2D eigenvalue weighted by Gasteiger charge is -2.40. The van der Waals surface area contributed by atoms with Gasteiger partial charge in [-0.3, -0.25) is 0 Å². The van der Waals surface area contributed by atoms with Crippen LogP contribution in [0.3, 0.4) is 0 Å². The van der Waals surface area contributed by atoms with E-state index in [0.717, 1.165) is 37.0 Å². The summed E-state index contributed by atoms with van der Waals surface area (Å²) in [4.78, 5) is 0. The third kappa shape index (κ3) is 2.54. The Morgan fingerprint density at radius 2 is 2.17 bits per heavy atom. The highest BCUT2D eigenvalue weighted by Gasteiger charge is 2.39. The maximum absolute atomic E-state index is 11.0. The lowest BCUT2D eigenvalue weighted by Crippen LogP contribution is -2.37. The molecule has 1 aliphatic carbocycles. The molecule has 1 N–H and O–H groups in total. The quantitative estimate of drug-likeness (QED) is 0.876. The maximum atomic E-state index is 11.0. The molecule has 1 saturated carbocycles. The largest absolute Gasteiger partial charge is 0.494 e. The summed E-state index contributed by atoms with van der Waals surface area (Å²) in [7, 11) is 0. The summed E-state index contributed by atoms with van der Waals surface area (Å²) in [6.07, 6.45) is 5.40. The van der Waals surface area contributed by atoms with E-state index in [-0.39, 0.29) is 0 Å². The molecule has 1 fully saturated rings. The van der Waals surface area contributed by atoms with Crippen LogP contribution in [0.4, 0.5) is 0 Å². The first kappa shape index (κ1) is 13.4. The molecule has 0 amide bonds. The zero-order chi connectivity index (χ0) is 13.0. The van der Waals surface area contributed by atoms with E-state index in [9.17, 15) is 5.11 Å². The Balaban J connectivity index is 2.29. The van der Waals surface area contributed by atoms with Crippen LogP contribution in [-0.2, 0) is 5.60 Å². The Morgan fingerprint density at radius 1 is 1.33 bits per heavy atom. The van der Waals surface area contributed by atoms with Crippen LogP contribution in [-0.4, -0.2) is 11.7 Å². The van der Waals surface area contributed by atoms with E-state index in [1.165, 1.54) is 6.42 Å². The first-order chi connectivity index (χ1) is 8.70. The normalized spacial score (nSPS) is 28.1. The zero-order valence-corrected chi connectivity index (χ0v) is 11.5. The summed E-state index contributed by atoms with van der Waals surface area (Å²) in [5.41, 5.74) is 0.375. The fourth-order valence-electron chi connectivity index (χ4n) is 3.17. The molecule has 0 bridgehead atoms. The summed E-state index contributed by atoms with van der Waals surface area (Å²) in [6.45, 7) is 4.82. The van der Waals surface area contributed by atoms with Crippen molar-refractivity contribution in [1.29, 1.82) is 0 Å². The molecular weight excluding hydrogens is 224 g/mol. The molecule has 0 radical (unpaired) electrons. The number of hydrogen-bond acceptors (Lipinski definition) is 2. The summed E-state index contributed by atoms with van der Waals surface area (Å²) >= 11 is 0. The maximum Gasteiger partial charge on any atom is 0.119 e. The van der Waals surface area contributed by atoms with Gasteiger partial charge in [-0.1, -0.05) is 38.3 Å². The van der Waals surface area contributed by atoms with E-state index < -0.39 is 5.60 Å². The molecule has 0 heterocycles. The third-order valence-corrected chi connectivity index (χ3v) is 4.17. The molecule has 0 saturated heterocycles. The highest BCUT2D eigenvalue weighted by atomic mass is 16.5. The SMILES string of the molecule is CCOc1cccc(C2(O)CCCCC2CC)c1. The van der Waals surface area contributed by atoms with Crippen molar-refractivity contribution in [1.82, 2.24) is 0 Å². The predicted octanol–water partition coefficient (Wildman–Crippen LogP) is 3.87. The van der Waals surface area contributed by atoms with E-state index in [1.54, 1.807) is 0 Å². The number of ether oxygens (including phenoxy) is 1. The lowest BCUT2D eigenvalue weighted by molar-refractivity contribution is -0.0558. The van der Waals surface area contributed by atoms with Gasteiger partial charge in [0, 0.05) is 0 Å². The molecule has 2 atom stereocenters. The Labute approximate surface area is 110 Å². The Kier molecular flexibility index (Phi) is 4.28. The number of rotatable bonds is 4. The summed E-state index contributed by atoms with van der Waals surface area (Å²) in [5.74, 6) is 1.24. The van der Waals surface area contributed by atoms with Crippen molar-refractivity contribution in [3.8, 4) is 5.75 Å². The monoisotopic (exact) mass is 248 g/mol. The first-order valence-electron chi connectivity index (χ1n) is 7.16. The molecule has 1 aromatic rings. The second-order valence-electron chi connectivity index (χ2n) is 5.24. The average Bonchev–Trinajstić information content (AvgIpc) is 2.40. The van der Waals surface area contributed by atoms with Crippen LogP contribution in [0.2, 0.25) is 0 Å². The van der Waals surface area contributed by atoms with Crippen molar-refractivity contribution in [3.05, 3.63) is 29.8 Å². The second kappa shape index (κ2) is 5.75. The van der Waals surface area contributed by atoms with Gasteiger partial charge in [0.15, 0.2) is 0 Å². The van der Waals surface area contributed by atoms with E-state index in [0.29, 0.717) is 12.5 Å². The van der Waals surface area contributed by atoms with Crippen molar-refractivity contribution < 1.29 is 9.84 Å². The molecule has 2 nitrogen and oxygen atoms in total. The highest BCUT2D eigenvalue weighted by molar-refractivity contribution is 5.33. The molecule has 1 aromatic carbocycles. The summed E-state index contributed by atoms with van der Waals surface area (Å²) in [5, 5.41) is 11.0. The van der Waals surface area contributed by atoms with E-state index in [1.807, 2.05) is 31.2 Å². The van der Waals surface area contributed by atoms with Crippen LogP contribution >= 0.6 is 0 Å². The van der Waals surface area contributed by atoms with Crippen LogP contribution in [0, 0.1) is 5.92 Å². The van der Waals surface area contributed by atoms with Crippen molar-refractivity contribution >= 4 is 0 Å². The van der Waals surface area contributed by atoms with E-state index >= 15 is 0 Å². The van der Waals surface area contributed by atoms with Crippen molar-refractivity contribution in [2.24, 2.45) is 5.92 Å². The minimum absolute atomic E-state index is 0.378. The molecule has 0 aliphatic heterocycles. The lowest BCUT2D eigenvalue weighted by atomic mass is 9.70. The van der Waals surface area contributed by atoms with E-state index in [4.69, 9.17) is 4.74 Å². The molecule has 2 unspecified atom stereocenters. The molecule has 1 aliphatic rings. The van der Waals surface area contributed by atoms with Crippen LogP contribution in [0.1, 0.15) is 51.5 Å². The van der Waals surface area contributed by atoms with Crippen LogP contribution in [0.15, 0.2) is 24.3 Å². The van der Waals surface area contributed by atoms with Gasteiger partial charge in [0.25, 0.3) is 0 Å². The van der Waals surface area contributed by atoms with Crippen molar-refractivity contribution in [2.45, 2.75) is 51.6 Å². The Morgan fingerprint density at radius 3 is 2.89 bits per heavy atom. The fraction of sp³-hybridized carbons (Fsp3) is 0.625. The van der Waals surface area contributed by atoms with Crippen molar-refractivity contribution in [3.63, 3.8) is 0 Å². The van der Waals surface area contributed by atoms with Crippen LogP contribution in [0.25, 0.3) is 0 Å². The Hall–Kier alpha value is -1.02. The Bertz CT molecular complexity index is 388. The molecule has 100 valence electrons. The van der Waals surface area contributed by atoms with Crippen molar-refractivity contribution in [2.75, 3.05) is 6.61 Å². The summed E-state index contributed by atoms with van der Waals surface area (Å²) < 4.78 is 5.54. The minimum Gasteiger partial charge on any atom is -0.494 e.